The number of benzene rings is 2. The molecule has 0 aliphatic carbocycles. The average molecular weight is 375 g/mol. The lowest BCUT2D eigenvalue weighted by Crippen LogP contribution is -2.30. The smallest absolute Gasteiger partial charge is 0.243 e. The molecule has 26 heavy (non-hydrogen) atoms. The van der Waals surface area contributed by atoms with Crippen LogP contribution >= 0.6 is 0 Å². The molecular weight excluding hydrogens is 348 g/mol. The lowest BCUT2D eigenvalue weighted by atomic mass is 9.89. The number of nitrogens with zero attached hydrogens (tertiary/aromatic N) is 1. The summed E-state index contributed by atoms with van der Waals surface area (Å²) in [4.78, 5) is 0.317. The van der Waals surface area contributed by atoms with Gasteiger partial charge in [0.15, 0.2) is 0 Å². The van der Waals surface area contributed by atoms with Gasteiger partial charge in [0.05, 0.1) is 12.0 Å². The Morgan fingerprint density at radius 3 is 2.27 bits per heavy atom. The predicted octanol–water partition coefficient (Wildman–Crippen LogP) is 2.68. The van der Waals surface area contributed by atoms with Gasteiger partial charge in [0.1, 0.15) is 5.75 Å². The van der Waals surface area contributed by atoms with Crippen molar-refractivity contribution >= 4 is 10.0 Å². The van der Waals surface area contributed by atoms with Crippen molar-refractivity contribution in [1.29, 1.82) is 0 Å². The summed E-state index contributed by atoms with van der Waals surface area (Å²) in [6, 6.07) is 13.4. The van der Waals surface area contributed by atoms with Crippen molar-refractivity contribution in [2.75, 3.05) is 26.7 Å². The number of hydrogen-bond acceptors (Lipinski definition) is 4. The number of nitrogens with two attached hydrogens (primary N) is 1. The van der Waals surface area contributed by atoms with Crippen molar-refractivity contribution in [3.8, 4) is 5.75 Å². The lowest BCUT2D eigenvalue weighted by Gasteiger charge is -2.18. The summed E-state index contributed by atoms with van der Waals surface area (Å²) in [5.41, 5.74) is 8.73. The summed E-state index contributed by atoms with van der Waals surface area (Å²) in [6.45, 7) is 5.10. The third-order valence-electron chi connectivity index (χ3n) is 5.21. The molecule has 3 rings (SSSR count). The fraction of sp³-hybridized carbons (Fsp3) is 0.400. The number of sulfonamides is 1. The maximum Gasteiger partial charge on any atom is 0.243 e. The summed E-state index contributed by atoms with van der Waals surface area (Å²) in [5.74, 6) is 0.969. The second-order valence-corrected chi connectivity index (χ2v) is 8.86. The zero-order valence-electron chi connectivity index (χ0n) is 15.5. The van der Waals surface area contributed by atoms with Gasteiger partial charge in [-0.2, -0.15) is 4.31 Å². The van der Waals surface area contributed by atoms with Gasteiger partial charge in [-0.3, -0.25) is 0 Å². The molecule has 0 bridgehead atoms. The molecule has 0 spiro atoms. The Morgan fingerprint density at radius 2 is 1.73 bits per heavy atom. The van der Waals surface area contributed by atoms with Crippen molar-refractivity contribution in [2.24, 2.45) is 11.7 Å². The minimum absolute atomic E-state index is 0.118. The molecule has 1 aliphatic rings. The van der Waals surface area contributed by atoms with E-state index >= 15 is 0 Å². The molecule has 1 heterocycles. The largest absolute Gasteiger partial charge is 0.496 e. The minimum Gasteiger partial charge on any atom is -0.496 e. The number of rotatable bonds is 5. The second-order valence-electron chi connectivity index (χ2n) is 6.93. The van der Waals surface area contributed by atoms with Gasteiger partial charge in [0, 0.05) is 19.0 Å². The van der Waals surface area contributed by atoms with Crippen LogP contribution in [0.2, 0.25) is 0 Å². The van der Waals surface area contributed by atoms with Crippen LogP contribution in [-0.2, 0) is 10.0 Å². The normalized spacial score (nSPS) is 21.1. The van der Waals surface area contributed by atoms with E-state index < -0.39 is 10.0 Å². The zero-order chi connectivity index (χ0) is 18.9. The first kappa shape index (κ1) is 18.9. The monoisotopic (exact) mass is 374 g/mol. The number of methoxy groups -OCH3 is 1. The molecule has 0 saturated carbocycles. The molecule has 2 aromatic carbocycles. The highest BCUT2D eigenvalue weighted by atomic mass is 32.2. The molecule has 6 heteroatoms. The summed E-state index contributed by atoms with van der Waals surface area (Å²) < 4.78 is 33.4. The van der Waals surface area contributed by atoms with E-state index in [0.717, 1.165) is 22.4 Å². The van der Waals surface area contributed by atoms with E-state index in [-0.39, 0.29) is 11.8 Å². The Hall–Kier alpha value is -1.89. The van der Waals surface area contributed by atoms with Crippen LogP contribution < -0.4 is 10.5 Å². The van der Waals surface area contributed by atoms with E-state index in [9.17, 15) is 8.42 Å². The van der Waals surface area contributed by atoms with E-state index in [1.54, 1.807) is 23.5 Å². The Balaban J connectivity index is 1.93. The Labute approximate surface area is 155 Å². The van der Waals surface area contributed by atoms with Crippen LogP contribution in [0.1, 0.15) is 22.6 Å². The molecule has 2 aromatic rings. The first-order valence-corrected chi connectivity index (χ1v) is 10.2. The van der Waals surface area contributed by atoms with Crippen LogP contribution in [0, 0.1) is 19.8 Å². The van der Waals surface area contributed by atoms with Crippen molar-refractivity contribution in [3.05, 3.63) is 59.2 Å². The van der Waals surface area contributed by atoms with Gasteiger partial charge in [-0.25, -0.2) is 8.42 Å². The highest BCUT2D eigenvalue weighted by molar-refractivity contribution is 7.89. The number of ether oxygens (including phenoxy) is 1. The van der Waals surface area contributed by atoms with Gasteiger partial charge in [0.2, 0.25) is 10.0 Å². The Kier molecular flexibility index (Phi) is 5.37. The van der Waals surface area contributed by atoms with Crippen LogP contribution in [-0.4, -0.2) is 39.5 Å². The molecule has 5 nitrogen and oxygen atoms in total. The molecule has 1 aliphatic heterocycles. The van der Waals surface area contributed by atoms with E-state index in [1.807, 2.05) is 44.2 Å². The first-order chi connectivity index (χ1) is 12.4. The van der Waals surface area contributed by atoms with E-state index in [4.69, 9.17) is 10.5 Å². The van der Waals surface area contributed by atoms with Crippen molar-refractivity contribution in [2.45, 2.75) is 24.7 Å². The Bertz CT molecular complexity index is 858. The van der Waals surface area contributed by atoms with E-state index in [1.165, 1.54) is 0 Å². The van der Waals surface area contributed by atoms with Crippen molar-refractivity contribution < 1.29 is 13.2 Å². The van der Waals surface area contributed by atoms with Gasteiger partial charge in [0.25, 0.3) is 0 Å². The molecule has 1 fully saturated rings. The Morgan fingerprint density at radius 1 is 1.12 bits per heavy atom. The van der Waals surface area contributed by atoms with Gasteiger partial charge >= 0.3 is 0 Å². The summed E-state index contributed by atoms with van der Waals surface area (Å²) >= 11 is 0. The molecule has 0 unspecified atom stereocenters. The fourth-order valence-electron chi connectivity index (χ4n) is 3.88. The SMILES string of the molecule is COc1c(C)cc(S(=O)(=O)N2C[C@@H](CN)[C@H](c3ccccc3)C2)cc1C. The van der Waals surface area contributed by atoms with E-state index in [2.05, 4.69) is 0 Å². The quantitative estimate of drug-likeness (QED) is 0.873. The van der Waals surface area contributed by atoms with Gasteiger partial charge < -0.3 is 10.5 Å². The van der Waals surface area contributed by atoms with Crippen LogP contribution in [0.15, 0.2) is 47.4 Å². The highest BCUT2D eigenvalue weighted by Crippen LogP contribution is 2.36. The number of hydrogen-bond donors (Lipinski definition) is 1. The molecule has 0 amide bonds. The van der Waals surface area contributed by atoms with Crippen LogP contribution in [0.3, 0.4) is 0 Å². The van der Waals surface area contributed by atoms with E-state index in [0.29, 0.717) is 24.5 Å². The van der Waals surface area contributed by atoms with Gasteiger partial charge in [-0.15, -0.1) is 0 Å². The molecule has 140 valence electrons. The maximum absolute atomic E-state index is 13.2. The molecule has 0 radical (unpaired) electrons. The molecule has 1 saturated heterocycles. The molecular formula is C20H26N2O3S. The van der Waals surface area contributed by atoms with Crippen molar-refractivity contribution in [1.82, 2.24) is 4.31 Å². The van der Waals surface area contributed by atoms with Crippen LogP contribution in [0.5, 0.6) is 5.75 Å². The standard InChI is InChI=1S/C20H26N2O3S/c1-14-9-18(10-15(2)20(14)25-3)26(23,24)22-12-17(11-21)19(13-22)16-7-5-4-6-8-16/h4-10,17,19H,11-13,21H2,1-3H3/t17-,19+/m1/s1. The van der Waals surface area contributed by atoms with Gasteiger partial charge in [-0.1, -0.05) is 30.3 Å². The van der Waals surface area contributed by atoms with Crippen molar-refractivity contribution in [3.63, 3.8) is 0 Å². The molecule has 2 atom stereocenters. The average Bonchev–Trinajstić information content (AvgIpc) is 3.07. The predicted molar refractivity (Wildman–Crippen MR) is 103 cm³/mol. The summed E-state index contributed by atoms with van der Waals surface area (Å²) in [5, 5.41) is 0. The zero-order valence-corrected chi connectivity index (χ0v) is 16.3. The number of aryl methyl sites for hydroxylation is 2. The third-order valence-corrected chi connectivity index (χ3v) is 7.02. The second kappa shape index (κ2) is 7.39. The summed E-state index contributed by atoms with van der Waals surface area (Å²) in [6.07, 6.45) is 0. The topological polar surface area (TPSA) is 72.6 Å². The molecule has 2 N–H and O–H groups in total. The lowest BCUT2D eigenvalue weighted by molar-refractivity contribution is 0.408. The van der Waals surface area contributed by atoms with Gasteiger partial charge in [-0.05, 0) is 55.1 Å². The third kappa shape index (κ3) is 3.37. The molecule has 0 aromatic heterocycles. The maximum atomic E-state index is 13.2. The highest BCUT2D eigenvalue weighted by Gasteiger charge is 2.39. The minimum atomic E-state index is -3.57. The summed E-state index contributed by atoms with van der Waals surface area (Å²) in [7, 11) is -1.97. The fourth-order valence-corrected chi connectivity index (χ4v) is 5.57. The van der Waals surface area contributed by atoms with Crippen LogP contribution in [0.4, 0.5) is 0 Å². The first-order valence-electron chi connectivity index (χ1n) is 8.79. The van der Waals surface area contributed by atoms with Crippen LogP contribution in [0.25, 0.3) is 0 Å².